The first-order chi connectivity index (χ1) is 16.8. The fourth-order valence-electron chi connectivity index (χ4n) is 6.32. The Kier molecular flexibility index (Phi) is 7.64. The van der Waals surface area contributed by atoms with Gasteiger partial charge in [0.2, 0.25) is 0 Å². The van der Waals surface area contributed by atoms with E-state index in [2.05, 4.69) is 20.7 Å². The third-order valence-corrected chi connectivity index (χ3v) is 7.25. The molecule has 2 amide bonds. The van der Waals surface area contributed by atoms with E-state index in [1.54, 1.807) is 24.3 Å². The molecule has 9 heteroatoms. The van der Waals surface area contributed by atoms with Crippen molar-refractivity contribution in [2.75, 3.05) is 31.4 Å². The van der Waals surface area contributed by atoms with E-state index in [0.717, 1.165) is 43.1 Å². The Bertz CT molecular complexity index is 956. The van der Waals surface area contributed by atoms with Crippen LogP contribution in [0.3, 0.4) is 0 Å². The van der Waals surface area contributed by atoms with E-state index in [9.17, 15) is 14.4 Å². The predicted molar refractivity (Wildman–Crippen MR) is 131 cm³/mol. The minimum atomic E-state index is -0.723. The molecule has 0 heterocycles. The van der Waals surface area contributed by atoms with E-state index in [-0.39, 0.29) is 23.4 Å². The van der Waals surface area contributed by atoms with Crippen LogP contribution in [-0.2, 0) is 23.8 Å². The van der Waals surface area contributed by atoms with Gasteiger partial charge in [0.25, 0.3) is 0 Å². The quantitative estimate of drug-likeness (QED) is 0.360. The SMILES string of the molecule is COC(=O)/C=C(/Nc1cccc(NC(=O)NCC(C)OC23CC4CC(CC(C4)C2)C3)c1)C(=O)OC. The zero-order valence-corrected chi connectivity index (χ0v) is 20.6. The highest BCUT2D eigenvalue weighted by Gasteiger charge is 2.52. The lowest BCUT2D eigenvalue weighted by atomic mass is 9.54. The number of methoxy groups -OCH3 is 2. The number of nitrogens with one attached hydrogen (secondary N) is 3. The Morgan fingerprint density at radius 2 is 1.60 bits per heavy atom. The number of ether oxygens (including phenoxy) is 3. The van der Waals surface area contributed by atoms with Crippen LogP contribution in [0.1, 0.15) is 45.4 Å². The second-order valence-corrected chi connectivity index (χ2v) is 10.1. The average molecular weight is 486 g/mol. The van der Waals surface area contributed by atoms with Crippen molar-refractivity contribution in [1.29, 1.82) is 0 Å². The molecule has 3 N–H and O–H groups in total. The largest absolute Gasteiger partial charge is 0.466 e. The first-order valence-electron chi connectivity index (χ1n) is 12.2. The van der Waals surface area contributed by atoms with Gasteiger partial charge in [0.05, 0.1) is 32.0 Å². The number of carbonyl (C=O) groups excluding carboxylic acids is 3. The number of esters is 2. The molecule has 35 heavy (non-hydrogen) atoms. The molecule has 4 aliphatic carbocycles. The first-order valence-corrected chi connectivity index (χ1v) is 12.2. The number of urea groups is 1. The molecule has 190 valence electrons. The zero-order chi connectivity index (χ0) is 25.0. The molecule has 5 rings (SSSR count). The molecule has 0 spiro atoms. The molecule has 0 radical (unpaired) electrons. The summed E-state index contributed by atoms with van der Waals surface area (Å²) in [4.78, 5) is 36.0. The normalized spacial score (nSPS) is 27.6. The van der Waals surface area contributed by atoms with Crippen molar-refractivity contribution < 1.29 is 28.6 Å². The molecule has 0 aromatic heterocycles. The molecule has 4 bridgehead atoms. The van der Waals surface area contributed by atoms with Gasteiger partial charge in [-0.05, 0) is 81.4 Å². The summed E-state index contributed by atoms with van der Waals surface area (Å²) >= 11 is 0. The van der Waals surface area contributed by atoms with E-state index in [1.807, 2.05) is 6.92 Å². The van der Waals surface area contributed by atoms with Gasteiger partial charge in [-0.2, -0.15) is 0 Å². The van der Waals surface area contributed by atoms with Crippen molar-refractivity contribution in [2.24, 2.45) is 17.8 Å². The minimum Gasteiger partial charge on any atom is -0.466 e. The molecule has 1 atom stereocenters. The predicted octanol–water partition coefficient (Wildman–Crippen LogP) is 3.82. The van der Waals surface area contributed by atoms with Gasteiger partial charge >= 0.3 is 18.0 Å². The highest BCUT2D eigenvalue weighted by Crippen LogP contribution is 2.57. The maximum Gasteiger partial charge on any atom is 0.354 e. The first kappa shape index (κ1) is 25.0. The fourth-order valence-corrected chi connectivity index (χ4v) is 6.32. The van der Waals surface area contributed by atoms with Crippen LogP contribution in [0.5, 0.6) is 0 Å². The second-order valence-electron chi connectivity index (χ2n) is 10.1. The average Bonchev–Trinajstić information content (AvgIpc) is 2.80. The Labute approximate surface area is 205 Å². The summed E-state index contributed by atoms with van der Waals surface area (Å²) in [6.07, 6.45) is 8.51. The number of benzene rings is 1. The molecule has 1 unspecified atom stereocenters. The third-order valence-electron chi connectivity index (χ3n) is 7.25. The van der Waals surface area contributed by atoms with Crippen LogP contribution in [0.25, 0.3) is 0 Å². The summed E-state index contributed by atoms with van der Waals surface area (Å²) in [7, 11) is 2.43. The summed E-state index contributed by atoms with van der Waals surface area (Å²) in [6.45, 7) is 2.44. The van der Waals surface area contributed by atoms with Gasteiger partial charge < -0.3 is 30.2 Å². The highest BCUT2D eigenvalue weighted by atomic mass is 16.5. The van der Waals surface area contributed by atoms with Crippen LogP contribution < -0.4 is 16.0 Å². The molecule has 4 saturated carbocycles. The highest BCUT2D eigenvalue weighted by molar-refractivity contribution is 5.99. The van der Waals surface area contributed by atoms with Gasteiger partial charge in [-0.3, -0.25) is 0 Å². The van der Waals surface area contributed by atoms with Crippen LogP contribution in [-0.4, -0.2) is 50.4 Å². The summed E-state index contributed by atoms with van der Waals surface area (Å²) in [5.74, 6) is 1.02. The molecule has 9 nitrogen and oxygen atoms in total. The van der Waals surface area contributed by atoms with Crippen molar-refractivity contribution in [2.45, 2.75) is 57.2 Å². The van der Waals surface area contributed by atoms with Crippen LogP contribution >= 0.6 is 0 Å². The molecule has 0 saturated heterocycles. The zero-order valence-electron chi connectivity index (χ0n) is 20.6. The molecular weight excluding hydrogens is 450 g/mol. The monoisotopic (exact) mass is 485 g/mol. The molecule has 1 aromatic rings. The maximum atomic E-state index is 12.5. The lowest BCUT2D eigenvalue weighted by Gasteiger charge is -2.57. The van der Waals surface area contributed by atoms with Gasteiger partial charge in [0.15, 0.2) is 0 Å². The second kappa shape index (κ2) is 10.7. The van der Waals surface area contributed by atoms with Gasteiger partial charge in [0.1, 0.15) is 5.70 Å². The standard InChI is InChI=1S/C26H35N3O6/c1-16(35-26-12-17-7-18(13-26)9-19(8-17)14-26)15-27-25(32)29-21-6-4-5-20(10-21)28-22(24(31)34-3)11-23(30)33-2/h4-6,10-11,16-19,28H,7-9,12-15H2,1-3H3,(H2,27,29,32)/b22-11+. The van der Waals surface area contributed by atoms with Crippen LogP contribution in [0.15, 0.2) is 36.0 Å². The van der Waals surface area contributed by atoms with Crippen molar-refractivity contribution in [1.82, 2.24) is 5.32 Å². The van der Waals surface area contributed by atoms with Crippen molar-refractivity contribution in [3.63, 3.8) is 0 Å². The number of amides is 2. The molecule has 1 aromatic carbocycles. The van der Waals surface area contributed by atoms with Crippen molar-refractivity contribution in [3.8, 4) is 0 Å². The Hall–Kier alpha value is -3.07. The number of rotatable bonds is 9. The van der Waals surface area contributed by atoms with Gasteiger partial charge in [-0.25, -0.2) is 14.4 Å². The molecular formula is C26H35N3O6. The van der Waals surface area contributed by atoms with E-state index in [0.29, 0.717) is 17.9 Å². The molecule has 0 aliphatic heterocycles. The van der Waals surface area contributed by atoms with E-state index in [1.165, 1.54) is 33.5 Å². The van der Waals surface area contributed by atoms with Crippen molar-refractivity contribution in [3.05, 3.63) is 36.0 Å². The Morgan fingerprint density at radius 1 is 1.00 bits per heavy atom. The number of carbonyl (C=O) groups is 3. The maximum absolute atomic E-state index is 12.5. The lowest BCUT2D eigenvalue weighted by Crippen LogP contribution is -2.54. The van der Waals surface area contributed by atoms with Gasteiger partial charge in [-0.15, -0.1) is 0 Å². The lowest BCUT2D eigenvalue weighted by molar-refractivity contribution is -0.182. The Morgan fingerprint density at radius 3 is 2.17 bits per heavy atom. The van der Waals surface area contributed by atoms with E-state index in [4.69, 9.17) is 9.47 Å². The third kappa shape index (κ3) is 6.33. The summed E-state index contributed by atoms with van der Waals surface area (Å²) in [6, 6.07) is 6.43. The number of anilines is 2. The van der Waals surface area contributed by atoms with Crippen LogP contribution in [0.2, 0.25) is 0 Å². The van der Waals surface area contributed by atoms with E-state index < -0.39 is 11.9 Å². The summed E-state index contributed by atoms with van der Waals surface area (Å²) in [5, 5.41) is 8.51. The number of hydrogen-bond acceptors (Lipinski definition) is 7. The number of hydrogen-bond donors (Lipinski definition) is 3. The fraction of sp³-hybridized carbons (Fsp3) is 0.577. The van der Waals surface area contributed by atoms with Crippen molar-refractivity contribution >= 4 is 29.3 Å². The molecule has 4 fully saturated rings. The van der Waals surface area contributed by atoms with Gasteiger partial charge in [0, 0.05) is 17.9 Å². The van der Waals surface area contributed by atoms with E-state index >= 15 is 0 Å². The Balaban J connectivity index is 1.28. The minimum absolute atomic E-state index is 0.00137. The molecule has 4 aliphatic rings. The summed E-state index contributed by atoms with van der Waals surface area (Å²) in [5.41, 5.74) is 0.921. The summed E-state index contributed by atoms with van der Waals surface area (Å²) < 4.78 is 15.8. The van der Waals surface area contributed by atoms with Gasteiger partial charge in [-0.1, -0.05) is 6.07 Å². The van der Waals surface area contributed by atoms with Crippen LogP contribution in [0, 0.1) is 17.8 Å². The van der Waals surface area contributed by atoms with Crippen LogP contribution in [0.4, 0.5) is 16.2 Å². The smallest absolute Gasteiger partial charge is 0.354 e. The topological polar surface area (TPSA) is 115 Å².